The van der Waals surface area contributed by atoms with E-state index in [0.29, 0.717) is 6.42 Å². The van der Waals surface area contributed by atoms with Crippen molar-refractivity contribution in [3.63, 3.8) is 0 Å². The van der Waals surface area contributed by atoms with Gasteiger partial charge in [0.1, 0.15) is 0 Å². The highest BCUT2D eigenvalue weighted by molar-refractivity contribution is 7.91. The van der Waals surface area contributed by atoms with Gasteiger partial charge in [-0.2, -0.15) is 10.2 Å². The fraction of sp³-hybridized carbons (Fsp3) is 0.353. The van der Waals surface area contributed by atoms with E-state index in [2.05, 4.69) is 20.6 Å². The molecule has 0 spiro atoms. The molecule has 0 unspecified atom stereocenters. The molecule has 1 aliphatic rings. The molecule has 1 saturated heterocycles. The number of anilines is 1. The van der Waals surface area contributed by atoms with Crippen LogP contribution in [-0.4, -0.2) is 40.9 Å². The maximum absolute atomic E-state index is 11.7. The Bertz CT molecular complexity index is 1060. The van der Waals surface area contributed by atoms with Crippen LogP contribution in [0.4, 0.5) is 5.13 Å². The first-order valence-electron chi connectivity index (χ1n) is 8.34. The van der Waals surface area contributed by atoms with E-state index in [-0.39, 0.29) is 17.5 Å². The number of hydrogen-bond donors (Lipinski definition) is 1. The van der Waals surface area contributed by atoms with Crippen LogP contribution in [0.25, 0.3) is 10.2 Å². The number of hydrogen-bond acceptors (Lipinski definition) is 7. The Morgan fingerprint density at radius 3 is 2.88 bits per heavy atom. The van der Waals surface area contributed by atoms with E-state index in [1.165, 1.54) is 0 Å². The molecule has 1 fully saturated rings. The third-order valence-electron chi connectivity index (χ3n) is 4.58. The molecule has 0 aliphatic carbocycles. The normalized spacial score (nSPS) is 19.5. The van der Waals surface area contributed by atoms with Crippen LogP contribution in [0.1, 0.15) is 29.4 Å². The summed E-state index contributed by atoms with van der Waals surface area (Å²) >= 11 is 1.54. The first kappa shape index (κ1) is 17.2. The minimum atomic E-state index is -2.94. The maximum Gasteiger partial charge on any atom is 0.204 e. The summed E-state index contributed by atoms with van der Waals surface area (Å²) in [6, 6.07) is 7.85. The van der Waals surface area contributed by atoms with Crippen molar-refractivity contribution >= 4 is 42.7 Å². The second-order valence-corrected chi connectivity index (χ2v) is 9.70. The number of hydrazone groups is 1. The van der Waals surface area contributed by atoms with E-state index in [1.54, 1.807) is 17.6 Å². The number of rotatable bonds is 4. The van der Waals surface area contributed by atoms with Crippen LogP contribution in [0, 0.1) is 13.8 Å². The van der Waals surface area contributed by atoms with Crippen LogP contribution < -0.4 is 5.43 Å². The Labute approximate surface area is 155 Å². The van der Waals surface area contributed by atoms with Gasteiger partial charge in [0.25, 0.3) is 0 Å². The zero-order chi connectivity index (χ0) is 18.3. The van der Waals surface area contributed by atoms with Crippen molar-refractivity contribution in [1.82, 2.24) is 14.8 Å². The van der Waals surface area contributed by atoms with Gasteiger partial charge in [-0.05, 0) is 32.4 Å². The Balaban J connectivity index is 1.53. The molecule has 3 aromatic rings. The summed E-state index contributed by atoms with van der Waals surface area (Å²) in [5, 5.41) is 9.57. The van der Waals surface area contributed by atoms with Crippen LogP contribution in [0.5, 0.6) is 0 Å². The average molecular weight is 390 g/mol. The number of sulfone groups is 1. The molecule has 26 heavy (non-hydrogen) atoms. The molecule has 1 aliphatic heterocycles. The second-order valence-electron chi connectivity index (χ2n) is 6.44. The number of nitrogens with one attached hydrogen (secondary N) is 1. The summed E-state index contributed by atoms with van der Waals surface area (Å²) in [6.07, 6.45) is 2.34. The van der Waals surface area contributed by atoms with Crippen molar-refractivity contribution in [3.8, 4) is 0 Å². The third kappa shape index (κ3) is 3.24. The minimum Gasteiger partial charge on any atom is -0.265 e. The lowest BCUT2D eigenvalue weighted by Gasteiger charge is -2.10. The predicted molar refractivity (Wildman–Crippen MR) is 105 cm³/mol. The van der Waals surface area contributed by atoms with E-state index >= 15 is 0 Å². The third-order valence-corrected chi connectivity index (χ3v) is 7.27. The van der Waals surface area contributed by atoms with E-state index in [9.17, 15) is 8.42 Å². The summed E-state index contributed by atoms with van der Waals surface area (Å²) in [4.78, 5) is 4.48. The SMILES string of the molecule is Cc1nn([C@H]2CCS(=O)(=O)C2)c(C)c1/C=N\Nc1nc2ccccc2s1. The smallest absolute Gasteiger partial charge is 0.204 e. The monoisotopic (exact) mass is 389 g/mol. The first-order chi connectivity index (χ1) is 12.4. The van der Waals surface area contributed by atoms with Crippen LogP contribution >= 0.6 is 11.3 Å². The van der Waals surface area contributed by atoms with Crippen LogP contribution in [0.3, 0.4) is 0 Å². The van der Waals surface area contributed by atoms with Crippen molar-refractivity contribution < 1.29 is 8.42 Å². The van der Waals surface area contributed by atoms with Gasteiger partial charge in [-0.25, -0.2) is 13.4 Å². The zero-order valence-corrected chi connectivity index (χ0v) is 16.1. The van der Waals surface area contributed by atoms with Gasteiger partial charge < -0.3 is 0 Å². The van der Waals surface area contributed by atoms with Gasteiger partial charge in [-0.3, -0.25) is 10.1 Å². The van der Waals surface area contributed by atoms with E-state index in [4.69, 9.17) is 0 Å². The van der Waals surface area contributed by atoms with Gasteiger partial charge in [0.05, 0.1) is 39.7 Å². The van der Waals surface area contributed by atoms with Gasteiger partial charge >= 0.3 is 0 Å². The highest BCUT2D eigenvalue weighted by atomic mass is 32.2. The number of para-hydroxylation sites is 1. The number of aromatic nitrogens is 3. The lowest BCUT2D eigenvalue weighted by molar-refractivity contribution is 0.486. The molecule has 136 valence electrons. The number of fused-ring (bicyclic) bond motifs is 1. The fourth-order valence-corrected chi connectivity index (χ4v) is 5.77. The minimum absolute atomic E-state index is 0.0851. The quantitative estimate of drug-likeness (QED) is 0.547. The predicted octanol–water partition coefficient (Wildman–Crippen LogP) is 2.92. The van der Waals surface area contributed by atoms with Crippen LogP contribution in [0.2, 0.25) is 0 Å². The fourth-order valence-electron chi connectivity index (χ4n) is 3.26. The van der Waals surface area contributed by atoms with Crippen LogP contribution in [-0.2, 0) is 9.84 Å². The molecule has 0 amide bonds. The second kappa shape index (κ2) is 6.48. The molecule has 3 heterocycles. The van der Waals surface area contributed by atoms with Gasteiger partial charge in [-0.15, -0.1) is 0 Å². The first-order valence-corrected chi connectivity index (χ1v) is 11.0. The average Bonchev–Trinajstić information content (AvgIpc) is 3.25. The summed E-state index contributed by atoms with van der Waals surface area (Å²) in [7, 11) is -2.94. The molecule has 4 rings (SSSR count). The highest BCUT2D eigenvalue weighted by Gasteiger charge is 2.31. The Kier molecular flexibility index (Phi) is 4.28. The molecule has 0 bridgehead atoms. The lowest BCUT2D eigenvalue weighted by Crippen LogP contribution is -2.14. The molecular weight excluding hydrogens is 370 g/mol. The number of nitrogens with zero attached hydrogens (tertiary/aromatic N) is 4. The number of thiazole rings is 1. The van der Waals surface area contributed by atoms with Gasteiger partial charge in [0.15, 0.2) is 9.84 Å². The summed E-state index contributed by atoms with van der Waals surface area (Å²) in [5.41, 5.74) is 6.59. The van der Waals surface area contributed by atoms with Crippen LogP contribution in [0.15, 0.2) is 29.4 Å². The molecular formula is C17H19N5O2S2. The maximum atomic E-state index is 11.7. The van der Waals surface area contributed by atoms with Crippen molar-refractivity contribution in [2.45, 2.75) is 26.3 Å². The zero-order valence-electron chi connectivity index (χ0n) is 14.5. The highest BCUT2D eigenvalue weighted by Crippen LogP contribution is 2.27. The summed E-state index contributed by atoms with van der Waals surface area (Å²) < 4.78 is 26.4. The van der Waals surface area contributed by atoms with Crippen molar-refractivity contribution in [3.05, 3.63) is 41.2 Å². The molecule has 1 aromatic carbocycles. The Morgan fingerprint density at radius 1 is 1.35 bits per heavy atom. The lowest BCUT2D eigenvalue weighted by atomic mass is 10.2. The Morgan fingerprint density at radius 2 is 2.15 bits per heavy atom. The van der Waals surface area contributed by atoms with Crippen molar-refractivity contribution in [2.75, 3.05) is 16.9 Å². The molecule has 0 saturated carbocycles. The van der Waals surface area contributed by atoms with Crippen molar-refractivity contribution in [1.29, 1.82) is 0 Å². The van der Waals surface area contributed by atoms with E-state index in [1.807, 2.05) is 42.8 Å². The largest absolute Gasteiger partial charge is 0.265 e. The standard InChI is InChI=1S/C17H19N5O2S2/c1-11-14(12(2)22(21-11)13-7-8-26(23,24)10-13)9-18-20-17-19-15-5-3-4-6-16(15)25-17/h3-6,9,13H,7-8,10H2,1-2H3,(H,19,20)/b18-9-/t13-/m0/s1. The Hall–Kier alpha value is -2.26. The summed E-state index contributed by atoms with van der Waals surface area (Å²) in [5.74, 6) is 0.397. The van der Waals surface area contributed by atoms with Gasteiger partial charge in [0.2, 0.25) is 5.13 Å². The number of benzene rings is 1. The molecule has 9 heteroatoms. The van der Waals surface area contributed by atoms with Gasteiger partial charge in [0, 0.05) is 11.3 Å². The molecule has 1 N–H and O–H groups in total. The van der Waals surface area contributed by atoms with Gasteiger partial charge in [-0.1, -0.05) is 23.5 Å². The molecule has 0 radical (unpaired) electrons. The topological polar surface area (TPSA) is 89.2 Å². The van der Waals surface area contributed by atoms with E-state index < -0.39 is 9.84 Å². The van der Waals surface area contributed by atoms with E-state index in [0.717, 1.165) is 32.3 Å². The molecule has 7 nitrogen and oxygen atoms in total. The number of aryl methyl sites for hydroxylation is 1. The molecule has 2 aromatic heterocycles. The molecule has 1 atom stereocenters. The summed E-state index contributed by atoms with van der Waals surface area (Å²) in [6.45, 7) is 3.86. The van der Waals surface area contributed by atoms with Crippen molar-refractivity contribution in [2.24, 2.45) is 5.10 Å².